The van der Waals surface area contributed by atoms with E-state index in [0.29, 0.717) is 30.2 Å². The normalized spacial score (nSPS) is 14.1. The van der Waals surface area contributed by atoms with Crippen LogP contribution in [0.4, 0.5) is 4.79 Å². The molecule has 0 unspecified atom stereocenters. The molecule has 3 rings (SSSR count). The molecule has 6 heteroatoms. The molecule has 0 saturated heterocycles. The highest BCUT2D eigenvalue weighted by atomic mass is 79.9. The van der Waals surface area contributed by atoms with Gasteiger partial charge in [0.2, 0.25) is 5.78 Å². The Kier molecular flexibility index (Phi) is 5.42. The first-order chi connectivity index (χ1) is 12.5. The van der Waals surface area contributed by atoms with Gasteiger partial charge in [-0.05, 0) is 49.8 Å². The number of amides is 1. The van der Waals surface area contributed by atoms with Gasteiger partial charge in [-0.15, -0.1) is 0 Å². The highest BCUT2D eigenvalue weighted by Crippen LogP contribution is 2.35. The number of ketones is 1. The Morgan fingerprint density at radius 3 is 2.65 bits per heavy atom. The minimum atomic E-state index is -0.427. The van der Waals surface area contributed by atoms with Gasteiger partial charge in [-0.25, -0.2) is 4.79 Å². The van der Waals surface area contributed by atoms with Gasteiger partial charge < -0.3 is 14.4 Å². The quantitative estimate of drug-likeness (QED) is 0.665. The number of carbonyl (C=O) groups excluding carboxylic acids is 2. The number of carbonyl (C=O) groups is 2. The molecule has 2 aromatic carbocycles. The highest BCUT2D eigenvalue weighted by Gasteiger charge is 2.28. The summed E-state index contributed by atoms with van der Waals surface area (Å²) in [4.78, 5) is 26.1. The van der Waals surface area contributed by atoms with E-state index in [-0.39, 0.29) is 11.5 Å². The lowest BCUT2D eigenvalue weighted by Crippen LogP contribution is -2.33. The highest BCUT2D eigenvalue weighted by molar-refractivity contribution is 9.10. The molecule has 0 aliphatic carbocycles. The SMILES string of the molecule is CCN(CC)C(=O)Oc1ccc2c(c1)OC(=Cc1cccc(Br)c1)C2=O. The molecule has 0 fully saturated rings. The smallest absolute Gasteiger partial charge is 0.415 e. The summed E-state index contributed by atoms with van der Waals surface area (Å²) in [6, 6.07) is 12.3. The standard InChI is InChI=1S/C20H18BrNO4/c1-3-22(4-2)20(24)25-15-8-9-16-17(12-15)26-18(19(16)23)11-13-6-5-7-14(21)10-13/h5-12H,3-4H2,1-2H3. The van der Waals surface area contributed by atoms with E-state index in [9.17, 15) is 9.59 Å². The van der Waals surface area contributed by atoms with Crippen molar-refractivity contribution in [3.63, 3.8) is 0 Å². The Balaban J connectivity index is 1.81. The lowest BCUT2D eigenvalue weighted by Gasteiger charge is -2.17. The van der Waals surface area contributed by atoms with Crippen LogP contribution in [0.5, 0.6) is 11.5 Å². The molecule has 1 amide bonds. The fraction of sp³-hybridized carbons (Fsp3) is 0.200. The largest absolute Gasteiger partial charge is 0.452 e. The second kappa shape index (κ2) is 7.74. The van der Waals surface area contributed by atoms with E-state index >= 15 is 0 Å². The molecule has 0 aromatic heterocycles. The second-order valence-corrected chi connectivity index (χ2v) is 6.61. The summed E-state index contributed by atoms with van der Waals surface area (Å²) in [5.41, 5.74) is 1.30. The van der Waals surface area contributed by atoms with E-state index < -0.39 is 6.09 Å². The lowest BCUT2D eigenvalue weighted by atomic mass is 10.1. The summed E-state index contributed by atoms with van der Waals surface area (Å²) in [5.74, 6) is 0.783. The number of allylic oxidation sites excluding steroid dienone is 1. The first-order valence-corrected chi connectivity index (χ1v) is 9.11. The van der Waals surface area contributed by atoms with E-state index in [1.54, 1.807) is 29.2 Å². The van der Waals surface area contributed by atoms with Gasteiger partial charge in [-0.2, -0.15) is 0 Å². The van der Waals surface area contributed by atoms with Crippen molar-refractivity contribution in [1.82, 2.24) is 4.90 Å². The number of fused-ring (bicyclic) bond motifs is 1. The maximum absolute atomic E-state index is 12.5. The molecule has 134 valence electrons. The van der Waals surface area contributed by atoms with Crippen LogP contribution in [0.1, 0.15) is 29.8 Å². The van der Waals surface area contributed by atoms with Crippen LogP contribution in [0.25, 0.3) is 6.08 Å². The summed E-state index contributed by atoms with van der Waals surface area (Å²) < 4.78 is 12.0. The second-order valence-electron chi connectivity index (χ2n) is 5.69. The van der Waals surface area contributed by atoms with Crippen molar-refractivity contribution < 1.29 is 19.1 Å². The van der Waals surface area contributed by atoms with Gasteiger partial charge in [-0.3, -0.25) is 4.79 Å². The zero-order chi connectivity index (χ0) is 18.7. The molecule has 0 radical (unpaired) electrons. The summed E-state index contributed by atoms with van der Waals surface area (Å²) in [5, 5.41) is 0. The van der Waals surface area contributed by atoms with E-state index in [1.165, 1.54) is 0 Å². The van der Waals surface area contributed by atoms with E-state index in [0.717, 1.165) is 10.0 Å². The number of Topliss-reactive ketones (excluding diaryl/α,β-unsaturated/α-hetero) is 1. The maximum atomic E-state index is 12.5. The Morgan fingerprint density at radius 1 is 1.19 bits per heavy atom. The molecular weight excluding hydrogens is 398 g/mol. The molecule has 26 heavy (non-hydrogen) atoms. The van der Waals surface area contributed by atoms with Crippen molar-refractivity contribution in [3.8, 4) is 11.5 Å². The zero-order valence-electron chi connectivity index (χ0n) is 14.5. The van der Waals surface area contributed by atoms with Crippen LogP contribution in [-0.4, -0.2) is 29.9 Å². The number of nitrogens with zero attached hydrogens (tertiary/aromatic N) is 1. The van der Waals surface area contributed by atoms with Crippen molar-refractivity contribution in [1.29, 1.82) is 0 Å². The van der Waals surface area contributed by atoms with Gasteiger partial charge in [0.25, 0.3) is 0 Å². The number of hydrogen-bond donors (Lipinski definition) is 0. The Hall–Kier alpha value is -2.60. The molecule has 2 aromatic rings. The fourth-order valence-corrected chi connectivity index (χ4v) is 3.04. The number of ether oxygens (including phenoxy) is 2. The summed E-state index contributed by atoms with van der Waals surface area (Å²) in [6.07, 6.45) is 1.26. The maximum Gasteiger partial charge on any atom is 0.415 e. The van der Waals surface area contributed by atoms with Gasteiger partial charge in [0.15, 0.2) is 5.76 Å². The topological polar surface area (TPSA) is 55.8 Å². The van der Waals surface area contributed by atoms with Crippen molar-refractivity contribution >= 4 is 33.9 Å². The number of rotatable bonds is 4. The molecule has 1 aliphatic heterocycles. The van der Waals surface area contributed by atoms with Crippen LogP contribution in [-0.2, 0) is 0 Å². The monoisotopic (exact) mass is 415 g/mol. The van der Waals surface area contributed by atoms with Gasteiger partial charge >= 0.3 is 6.09 Å². The molecule has 0 atom stereocenters. The van der Waals surface area contributed by atoms with Gasteiger partial charge in [0.1, 0.15) is 11.5 Å². The van der Waals surface area contributed by atoms with Crippen molar-refractivity contribution in [3.05, 3.63) is 63.8 Å². The van der Waals surface area contributed by atoms with E-state index in [4.69, 9.17) is 9.47 Å². The Labute approximate surface area is 160 Å². The van der Waals surface area contributed by atoms with Crippen LogP contribution in [0, 0.1) is 0 Å². The van der Waals surface area contributed by atoms with Gasteiger partial charge in [-0.1, -0.05) is 28.1 Å². The summed E-state index contributed by atoms with van der Waals surface area (Å²) in [6.45, 7) is 4.89. The minimum Gasteiger partial charge on any atom is -0.452 e. The number of halogens is 1. The molecule has 1 heterocycles. The van der Waals surface area contributed by atoms with Crippen molar-refractivity contribution in [2.24, 2.45) is 0 Å². The van der Waals surface area contributed by atoms with E-state index in [2.05, 4.69) is 15.9 Å². The van der Waals surface area contributed by atoms with Crippen LogP contribution >= 0.6 is 15.9 Å². The molecule has 0 saturated carbocycles. The molecular formula is C20H18BrNO4. The third kappa shape index (κ3) is 3.80. The van der Waals surface area contributed by atoms with Crippen LogP contribution in [0.15, 0.2) is 52.7 Å². The lowest BCUT2D eigenvalue weighted by molar-refractivity contribution is 0.101. The third-order valence-corrected chi connectivity index (χ3v) is 4.51. The first kappa shape index (κ1) is 18.2. The van der Waals surface area contributed by atoms with Gasteiger partial charge in [0, 0.05) is 23.6 Å². The molecule has 1 aliphatic rings. The van der Waals surface area contributed by atoms with Crippen LogP contribution in [0.3, 0.4) is 0 Å². The fourth-order valence-electron chi connectivity index (χ4n) is 2.63. The molecule has 0 spiro atoms. The number of hydrogen-bond acceptors (Lipinski definition) is 4. The predicted molar refractivity (Wildman–Crippen MR) is 102 cm³/mol. The molecule has 0 bridgehead atoms. The Bertz CT molecular complexity index is 887. The predicted octanol–water partition coefficient (Wildman–Crippen LogP) is 4.91. The van der Waals surface area contributed by atoms with Crippen LogP contribution in [0.2, 0.25) is 0 Å². The molecule has 0 N–H and O–H groups in total. The number of benzene rings is 2. The third-order valence-electron chi connectivity index (χ3n) is 4.01. The average molecular weight is 416 g/mol. The summed E-state index contributed by atoms with van der Waals surface area (Å²) >= 11 is 3.40. The van der Waals surface area contributed by atoms with Gasteiger partial charge in [0.05, 0.1) is 5.56 Å². The minimum absolute atomic E-state index is 0.193. The zero-order valence-corrected chi connectivity index (χ0v) is 16.1. The first-order valence-electron chi connectivity index (χ1n) is 8.32. The summed E-state index contributed by atoms with van der Waals surface area (Å²) in [7, 11) is 0. The molecule has 5 nitrogen and oxygen atoms in total. The van der Waals surface area contributed by atoms with Crippen molar-refractivity contribution in [2.75, 3.05) is 13.1 Å². The Morgan fingerprint density at radius 2 is 1.96 bits per heavy atom. The van der Waals surface area contributed by atoms with Crippen molar-refractivity contribution in [2.45, 2.75) is 13.8 Å². The average Bonchev–Trinajstić information content (AvgIpc) is 2.91. The van der Waals surface area contributed by atoms with E-state index in [1.807, 2.05) is 38.1 Å². The van der Waals surface area contributed by atoms with Crippen LogP contribution < -0.4 is 9.47 Å².